The summed E-state index contributed by atoms with van der Waals surface area (Å²) in [6.45, 7) is 7.37. The normalized spacial score (nSPS) is 31.2. The van der Waals surface area contributed by atoms with Gasteiger partial charge in [0.1, 0.15) is 0 Å². The Labute approximate surface area is 114 Å². The third-order valence-electron chi connectivity index (χ3n) is 4.89. The van der Waals surface area contributed by atoms with Gasteiger partial charge >= 0.3 is 0 Å². The van der Waals surface area contributed by atoms with Crippen LogP contribution in [-0.4, -0.2) is 37.1 Å². The zero-order valence-corrected chi connectivity index (χ0v) is 12.3. The molecule has 1 saturated heterocycles. The molecule has 1 saturated carbocycles. The SMILES string of the molecule is CCCCCC1CCCCC1N1CCCNCC1. The van der Waals surface area contributed by atoms with Gasteiger partial charge < -0.3 is 5.32 Å². The van der Waals surface area contributed by atoms with E-state index in [0.29, 0.717) is 0 Å². The monoisotopic (exact) mass is 252 g/mol. The van der Waals surface area contributed by atoms with E-state index in [-0.39, 0.29) is 0 Å². The lowest BCUT2D eigenvalue weighted by Crippen LogP contribution is -2.44. The standard InChI is InChI=1S/C16H32N2/c1-2-3-4-8-15-9-5-6-10-16(15)18-13-7-11-17-12-14-18/h15-17H,2-14H2,1H3. The minimum atomic E-state index is 0.913. The summed E-state index contributed by atoms with van der Waals surface area (Å²) < 4.78 is 0. The summed E-state index contributed by atoms with van der Waals surface area (Å²) in [6.07, 6.45) is 13.0. The smallest absolute Gasteiger partial charge is 0.0124 e. The zero-order valence-electron chi connectivity index (χ0n) is 12.3. The highest BCUT2D eigenvalue weighted by atomic mass is 15.2. The van der Waals surface area contributed by atoms with Crippen LogP contribution >= 0.6 is 0 Å². The van der Waals surface area contributed by atoms with E-state index in [1.807, 2.05) is 0 Å². The van der Waals surface area contributed by atoms with Crippen LogP contribution in [0.2, 0.25) is 0 Å². The molecule has 1 N–H and O–H groups in total. The molecule has 2 unspecified atom stereocenters. The Morgan fingerprint density at radius 3 is 2.78 bits per heavy atom. The Morgan fingerprint density at radius 1 is 1.00 bits per heavy atom. The summed E-state index contributed by atoms with van der Waals surface area (Å²) in [5, 5.41) is 3.54. The van der Waals surface area contributed by atoms with Crippen LogP contribution in [0.3, 0.4) is 0 Å². The Hall–Kier alpha value is -0.0800. The van der Waals surface area contributed by atoms with Gasteiger partial charge in [0, 0.05) is 19.1 Å². The predicted octanol–water partition coefficient (Wildman–Crippen LogP) is 3.42. The fraction of sp³-hybridized carbons (Fsp3) is 1.00. The van der Waals surface area contributed by atoms with Crippen LogP contribution in [-0.2, 0) is 0 Å². The van der Waals surface area contributed by atoms with Crippen molar-refractivity contribution in [1.29, 1.82) is 0 Å². The van der Waals surface area contributed by atoms with E-state index in [2.05, 4.69) is 17.1 Å². The third-order valence-corrected chi connectivity index (χ3v) is 4.89. The van der Waals surface area contributed by atoms with E-state index in [1.165, 1.54) is 84.0 Å². The molecule has 2 rings (SSSR count). The Morgan fingerprint density at radius 2 is 1.89 bits per heavy atom. The minimum absolute atomic E-state index is 0.913. The molecule has 1 heterocycles. The first-order chi connectivity index (χ1) is 8.92. The maximum atomic E-state index is 3.54. The molecular weight excluding hydrogens is 220 g/mol. The number of nitrogens with zero attached hydrogens (tertiary/aromatic N) is 1. The lowest BCUT2D eigenvalue weighted by molar-refractivity contribution is 0.103. The van der Waals surface area contributed by atoms with E-state index < -0.39 is 0 Å². The van der Waals surface area contributed by atoms with Gasteiger partial charge in [0.2, 0.25) is 0 Å². The maximum absolute atomic E-state index is 3.54. The van der Waals surface area contributed by atoms with Crippen LogP contribution in [0.25, 0.3) is 0 Å². The molecule has 0 radical (unpaired) electrons. The van der Waals surface area contributed by atoms with Gasteiger partial charge in [-0.2, -0.15) is 0 Å². The van der Waals surface area contributed by atoms with Gasteiger partial charge in [0.15, 0.2) is 0 Å². The second-order valence-corrected chi connectivity index (χ2v) is 6.25. The van der Waals surface area contributed by atoms with Crippen LogP contribution in [0.15, 0.2) is 0 Å². The Bertz CT molecular complexity index is 209. The molecule has 0 spiro atoms. The van der Waals surface area contributed by atoms with Crippen molar-refractivity contribution in [3.05, 3.63) is 0 Å². The molecule has 0 aromatic rings. The van der Waals surface area contributed by atoms with E-state index >= 15 is 0 Å². The lowest BCUT2D eigenvalue weighted by atomic mass is 9.80. The summed E-state index contributed by atoms with van der Waals surface area (Å²) in [6, 6.07) is 0.913. The van der Waals surface area contributed by atoms with Crippen LogP contribution in [0.4, 0.5) is 0 Å². The number of nitrogens with one attached hydrogen (secondary N) is 1. The molecule has 0 aromatic carbocycles. The van der Waals surface area contributed by atoms with E-state index in [1.54, 1.807) is 0 Å². The minimum Gasteiger partial charge on any atom is -0.315 e. The Balaban J connectivity index is 1.85. The average molecular weight is 252 g/mol. The molecule has 106 valence electrons. The second-order valence-electron chi connectivity index (χ2n) is 6.25. The quantitative estimate of drug-likeness (QED) is 0.754. The molecule has 0 amide bonds. The average Bonchev–Trinajstić information content (AvgIpc) is 2.68. The van der Waals surface area contributed by atoms with E-state index in [9.17, 15) is 0 Å². The summed E-state index contributed by atoms with van der Waals surface area (Å²) in [5.41, 5.74) is 0. The zero-order chi connectivity index (χ0) is 12.6. The van der Waals surface area contributed by atoms with Gasteiger partial charge in [-0.1, -0.05) is 39.0 Å². The van der Waals surface area contributed by atoms with Crippen LogP contribution < -0.4 is 5.32 Å². The molecule has 18 heavy (non-hydrogen) atoms. The first-order valence-electron chi connectivity index (χ1n) is 8.36. The van der Waals surface area contributed by atoms with Gasteiger partial charge in [-0.15, -0.1) is 0 Å². The van der Waals surface area contributed by atoms with E-state index in [0.717, 1.165) is 12.0 Å². The van der Waals surface area contributed by atoms with Gasteiger partial charge in [-0.25, -0.2) is 0 Å². The predicted molar refractivity (Wildman–Crippen MR) is 78.9 cm³/mol. The number of hydrogen-bond acceptors (Lipinski definition) is 2. The fourth-order valence-electron chi connectivity index (χ4n) is 3.86. The van der Waals surface area contributed by atoms with Crippen molar-refractivity contribution in [3.8, 4) is 0 Å². The topological polar surface area (TPSA) is 15.3 Å². The largest absolute Gasteiger partial charge is 0.315 e. The fourth-order valence-corrected chi connectivity index (χ4v) is 3.86. The molecule has 2 aliphatic rings. The molecule has 2 atom stereocenters. The van der Waals surface area contributed by atoms with Crippen molar-refractivity contribution >= 4 is 0 Å². The second kappa shape index (κ2) is 8.16. The van der Waals surface area contributed by atoms with Gasteiger partial charge in [-0.3, -0.25) is 4.90 Å². The summed E-state index contributed by atoms with van der Waals surface area (Å²) in [5.74, 6) is 1.00. The maximum Gasteiger partial charge on any atom is 0.0124 e. The highest BCUT2D eigenvalue weighted by Gasteiger charge is 2.29. The number of unbranched alkanes of at least 4 members (excludes halogenated alkanes) is 2. The first kappa shape index (κ1) is 14.3. The summed E-state index contributed by atoms with van der Waals surface area (Å²) >= 11 is 0. The van der Waals surface area contributed by atoms with Crippen molar-refractivity contribution in [1.82, 2.24) is 10.2 Å². The van der Waals surface area contributed by atoms with Crippen molar-refractivity contribution < 1.29 is 0 Å². The van der Waals surface area contributed by atoms with E-state index in [4.69, 9.17) is 0 Å². The molecule has 2 nitrogen and oxygen atoms in total. The van der Waals surface area contributed by atoms with Crippen molar-refractivity contribution in [3.63, 3.8) is 0 Å². The van der Waals surface area contributed by atoms with Crippen LogP contribution in [0, 0.1) is 5.92 Å². The van der Waals surface area contributed by atoms with Gasteiger partial charge in [0.05, 0.1) is 0 Å². The van der Waals surface area contributed by atoms with Crippen molar-refractivity contribution in [2.24, 2.45) is 5.92 Å². The highest BCUT2D eigenvalue weighted by molar-refractivity contribution is 4.84. The first-order valence-corrected chi connectivity index (χ1v) is 8.36. The summed E-state index contributed by atoms with van der Waals surface area (Å²) in [7, 11) is 0. The molecule has 1 aliphatic heterocycles. The van der Waals surface area contributed by atoms with Crippen molar-refractivity contribution in [2.75, 3.05) is 26.2 Å². The third kappa shape index (κ3) is 4.24. The lowest BCUT2D eigenvalue weighted by Gasteiger charge is -2.39. The molecule has 2 heteroatoms. The molecule has 0 aromatic heterocycles. The molecule has 0 bridgehead atoms. The van der Waals surface area contributed by atoms with Crippen molar-refractivity contribution in [2.45, 2.75) is 70.8 Å². The van der Waals surface area contributed by atoms with Crippen LogP contribution in [0.1, 0.15) is 64.7 Å². The highest BCUT2D eigenvalue weighted by Crippen LogP contribution is 2.32. The van der Waals surface area contributed by atoms with Gasteiger partial charge in [-0.05, 0) is 44.7 Å². The molecule has 2 fully saturated rings. The number of rotatable bonds is 5. The number of hydrogen-bond donors (Lipinski definition) is 1. The Kier molecular flexibility index (Phi) is 6.50. The van der Waals surface area contributed by atoms with Crippen LogP contribution in [0.5, 0.6) is 0 Å². The summed E-state index contributed by atoms with van der Waals surface area (Å²) in [4.78, 5) is 2.82. The van der Waals surface area contributed by atoms with Gasteiger partial charge in [0.25, 0.3) is 0 Å². The molecule has 1 aliphatic carbocycles. The molecular formula is C16H32N2.